The fraction of sp³-hybridized carbons (Fsp3) is 0.188. The molecular weight excluding hydrogens is 255 g/mol. The maximum atomic E-state index is 13.4. The first-order valence-electron chi connectivity index (χ1n) is 6.42. The van der Waals surface area contributed by atoms with E-state index in [1.54, 1.807) is 18.2 Å². The van der Waals surface area contributed by atoms with Gasteiger partial charge in [-0.05, 0) is 37.6 Å². The van der Waals surface area contributed by atoms with Gasteiger partial charge in [0.1, 0.15) is 5.82 Å². The minimum Gasteiger partial charge on any atom is -0.374 e. The summed E-state index contributed by atoms with van der Waals surface area (Å²) < 4.78 is 13.4. The third kappa shape index (κ3) is 3.57. The lowest BCUT2D eigenvalue weighted by Crippen LogP contribution is -2.22. The van der Waals surface area contributed by atoms with Crippen molar-refractivity contribution in [2.45, 2.75) is 13.8 Å². The molecule has 2 N–H and O–H groups in total. The van der Waals surface area contributed by atoms with Gasteiger partial charge in [0.25, 0.3) is 0 Å². The highest BCUT2D eigenvalue weighted by molar-refractivity contribution is 5.94. The predicted molar refractivity (Wildman–Crippen MR) is 79.4 cm³/mol. The molecule has 2 rings (SSSR count). The molecule has 3 nitrogen and oxygen atoms in total. The van der Waals surface area contributed by atoms with Crippen LogP contribution in [0.2, 0.25) is 0 Å². The number of amides is 1. The van der Waals surface area contributed by atoms with Crippen LogP contribution in [0.4, 0.5) is 15.8 Å². The lowest BCUT2D eigenvalue weighted by molar-refractivity contribution is -0.114. The molecule has 1 amide bonds. The third-order valence-electron chi connectivity index (χ3n) is 2.97. The third-order valence-corrected chi connectivity index (χ3v) is 2.97. The van der Waals surface area contributed by atoms with E-state index < -0.39 is 0 Å². The zero-order valence-electron chi connectivity index (χ0n) is 11.5. The van der Waals surface area contributed by atoms with Crippen LogP contribution in [0.5, 0.6) is 0 Å². The monoisotopic (exact) mass is 272 g/mol. The van der Waals surface area contributed by atoms with Crippen molar-refractivity contribution < 1.29 is 9.18 Å². The Hall–Kier alpha value is -2.36. The van der Waals surface area contributed by atoms with E-state index in [1.165, 1.54) is 6.07 Å². The zero-order valence-corrected chi connectivity index (χ0v) is 11.5. The van der Waals surface area contributed by atoms with Crippen molar-refractivity contribution in [3.05, 3.63) is 59.4 Å². The lowest BCUT2D eigenvalue weighted by atomic mass is 10.1. The van der Waals surface area contributed by atoms with Gasteiger partial charge >= 0.3 is 0 Å². The first-order valence-corrected chi connectivity index (χ1v) is 6.42. The van der Waals surface area contributed by atoms with E-state index in [-0.39, 0.29) is 18.3 Å². The molecule has 0 saturated heterocycles. The number of para-hydroxylation sites is 1. The molecule has 0 aliphatic rings. The number of benzene rings is 2. The fourth-order valence-corrected chi connectivity index (χ4v) is 1.93. The van der Waals surface area contributed by atoms with Gasteiger partial charge in [0.15, 0.2) is 0 Å². The standard InChI is InChI=1S/C16H17FN2O/c1-11-7-8-14(12(2)9-11)19-16(20)10-18-15-6-4-3-5-13(15)17/h3-9,18H,10H2,1-2H3,(H,19,20). The van der Waals surface area contributed by atoms with Crippen molar-refractivity contribution in [2.75, 3.05) is 17.2 Å². The van der Waals surface area contributed by atoms with Gasteiger partial charge in [0.05, 0.1) is 12.2 Å². The van der Waals surface area contributed by atoms with Crippen molar-refractivity contribution >= 4 is 17.3 Å². The summed E-state index contributed by atoms with van der Waals surface area (Å²) in [4.78, 5) is 11.8. The summed E-state index contributed by atoms with van der Waals surface area (Å²) in [5.41, 5.74) is 3.24. The summed E-state index contributed by atoms with van der Waals surface area (Å²) in [6.07, 6.45) is 0. The summed E-state index contributed by atoms with van der Waals surface area (Å²) in [6.45, 7) is 3.96. The van der Waals surface area contributed by atoms with Crippen LogP contribution in [0, 0.1) is 19.7 Å². The summed E-state index contributed by atoms with van der Waals surface area (Å²) in [5.74, 6) is -0.577. The summed E-state index contributed by atoms with van der Waals surface area (Å²) >= 11 is 0. The molecule has 20 heavy (non-hydrogen) atoms. The number of hydrogen-bond donors (Lipinski definition) is 2. The van der Waals surface area contributed by atoms with E-state index >= 15 is 0 Å². The average Bonchev–Trinajstić information content (AvgIpc) is 2.41. The molecule has 0 spiro atoms. The quantitative estimate of drug-likeness (QED) is 0.894. The van der Waals surface area contributed by atoms with Gasteiger partial charge < -0.3 is 10.6 Å². The minimum absolute atomic E-state index is 0.0221. The van der Waals surface area contributed by atoms with Gasteiger partial charge in [-0.2, -0.15) is 0 Å². The maximum Gasteiger partial charge on any atom is 0.243 e. The second kappa shape index (κ2) is 6.19. The molecule has 4 heteroatoms. The maximum absolute atomic E-state index is 13.4. The normalized spacial score (nSPS) is 10.2. The highest BCUT2D eigenvalue weighted by Crippen LogP contribution is 2.16. The van der Waals surface area contributed by atoms with Crippen molar-refractivity contribution in [3.8, 4) is 0 Å². The second-order valence-corrected chi connectivity index (χ2v) is 4.70. The zero-order chi connectivity index (χ0) is 14.5. The molecule has 0 bridgehead atoms. The van der Waals surface area contributed by atoms with Crippen LogP contribution in [0.3, 0.4) is 0 Å². The molecule has 0 aliphatic heterocycles. The molecule has 2 aromatic rings. The molecule has 2 aromatic carbocycles. The van der Waals surface area contributed by atoms with Gasteiger partial charge in [-0.25, -0.2) is 4.39 Å². The molecule has 0 fully saturated rings. The van der Waals surface area contributed by atoms with E-state index in [0.29, 0.717) is 5.69 Å². The minimum atomic E-state index is -0.369. The molecule has 0 saturated carbocycles. The van der Waals surface area contributed by atoms with Crippen molar-refractivity contribution in [3.63, 3.8) is 0 Å². The number of rotatable bonds is 4. The van der Waals surface area contributed by atoms with E-state index in [4.69, 9.17) is 0 Å². The number of nitrogens with one attached hydrogen (secondary N) is 2. The Morgan fingerprint density at radius 1 is 1.10 bits per heavy atom. The largest absolute Gasteiger partial charge is 0.374 e. The topological polar surface area (TPSA) is 41.1 Å². The number of hydrogen-bond acceptors (Lipinski definition) is 2. The van der Waals surface area contributed by atoms with Crippen LogP contribution in [0.15, 0.2) is 42.5 Å². The highest BCUT2D eigenvalue weighted by atomic mass is 19.1. The molecule has 0 aromatic heterocycles. The number of carbonyl (C=O) groups excluding carboxylic acids is 1. The Morgan fingerprint density at radius 3 is 2.55 bits per heavy atom. The Labute approximate surface area is 117 Å². The summed E-state index contributed by atoms with van der Waals surface area (Å²) in [7, 11) is 0. The van der Waals surface area contributed by atoms with E-state index in [2.05, 4.69) is 10.6 Å². The molecule has 0 aliphatic carbocycles. The number of halogens is 1. The molecule has 0 radical (unpaired) electrons. The highest BCUT2D eigenvalue weighted by Gasteiger charge is 2.06. The van der Waals surface area contributed by atoms with E-state index in [1.807, 2.05) is 32.0 Å². The fourth-order valence-electron chi connectivity index (χ4n) is 1.93. The van der Waals surface area contributed by atoms with Crippen molar-refractivity contribution in [1.29, 1.82) is 0 Å². The second-order valence-electron chi connectivity index (χ2n) is 4.70. The van der Waals surface area contributed by atoms with Crippen LogP contribution in [-0.2, 0) is 4.79 Å². The van der Waals surface area contributed by atoms with Crippen molar-refractivity contribution in [2.24, 2.45) is 0 Å². The molecule has 0 heterocycles. The Balaban J connectivity index is 1.94. The molecule has 104 valence electrons. The number of carbonyl (C=O) groups is 1. The first-order chi connectivity index (χ1) is 9.56. The van der Waals surface area contributed by atoms with Gasteiger partial charge in [-0.15, -0.1) is 0 Å². The van der Waals surface area contributed by atoms with Crippen molar-refractivity contribution in [1.82, 2.24) is 0 Å². The smallest absolute Gasteiger partial charge is 0.243 e. The summed E-state index contributed by atoms with van der Waals surface area (Å²) in [5, 5.41) is 5.58. The van der Waals surface area contributed by atoms with Gasteiger partial charge in [0, 0.05) is 5.69 Å². The van der Waals surface area contributed by atoms with E-state index in [9.17, 15) is 9.18 Å². The van der Waals surface area contributed by atoms with E-state index in [0.717, 1.165) is 16.8 Å². The van der Waals surface area contributed by atoms with Crippen LogP contribution in [-0.4, -0.2) is 12.5 Å². The first kappa shape index (κ1) is 14.1. The van der Waals surface area contributed by atoms with Crippen LogP contribution in [0.1, 0.15) is 11.1 Å². The van der Waals surface area contributed by atoms with Gasteiger partial charge in [-0.1, -0.05) is 29.8 Å². The van der Waals surface area contributed by atoms with Crippen LogP contribution in [0.25, 0.3) is 0 Å². The molecular formula is C16H17FN2O. The lowest BCUT2D eigenvalue weighted by Gasteiger charge is -2.10. The SMILES string of the molecule is Cc1ccc(NC(=O)CNc2ccccc2F)c(C)c1. The van der Waals surface area contributed by atoms with Gasteiger partial charge in [-0.3, -0.25) is 4.79 Å². The predicted octanol–water partition coefficient (Wildman–Crippen LogP) is 3.49. The number of aryl methyl sites for hydroxylation is 2. The Morgan fingerprint density at radius 2 is 1.85 bits per heavy atom. The number of anilines is 2. The van der Waals surface area contributed by atoms with Crippen LogP contribution >= 0.6 is 0 Å². The molecule has 0 atom stereocenters. The Bertz CT molecular complexity index is 626. The molecule has 0 unspecified atom stereocenters. The van der Waals surface area contributed by atoms with Gasteiger partial charge in [0.2, 0.25) is 5.91 Å². The van der Waals surface area contributed by atoms with Crippen LogP contribution < -0.4 is 10.6 Å². The average molecular weight is 272 g/mol. The Kier molecular flexibility index (Phi) is 4.35. The summed E-state index contributed by atoms with van der Waals surface area (Å²) in [6, 6.07) is 12.1.